The molecule has 6 nitrogen and oxygen atoms in total. The topological polar surface area (TPSA) is 67.3 Å². The molecule has 24 heavy (non-hydrogen) atoms. The van der Waals surface area contributed by atoms with Crippen molar-refractivity contribution < 1.29 is 9.53 Å². The van der Waals surface area contributed by atoms with Crippen molar-refractivity contribution in [2.75, 3.05) is 32.6 Å². The Labute approximate surface area is 142 Å². The molecule has 1 aromatic carbocycles. The summed E-state index contributed by atoms with van der Waals surface area (Å²) in [6, 6.07) is 7.53. The number of carbonyl (C=O) groups is 1. The summed E-state index contributed by atoms with van der Waals surface area (Å²) in [5.41, 5.74) is 2.42. The maximum absolute atomic E-state index is 11.7. The van der Waals surface area contributed by atoms with E-state index in [0.29, 0.717) is 12.5 Å². The van der Waals surface area contributed by atoms with Gasteiger partial charge in [0.2, 0.25) is 11.8 Å². The van der Waals surface area contributed by atoms with E-state index in [1.807, 2.05) is 57.1 Å². The third kappa shape index (κ3) is 5.31. The molecule has 1 N–H and O–H groups in total. The number of ether oxygens (including phenoxy) is 1. The zero-order chi connectivity index (χ0) is 17.5. The van der Waals surface area contributed by atoms with Crippen LogP contribution in [0, 0.1) is 5.92 Å². The maximum Gasteiger partial charge on any atom is 0.232 e. The third-order valence-electron chi connectivity index (χ3n) is 3.37. The Morgan fingerprint density at radius 3 is 2.54 bits per heavy atom. The zero-order valence-corrected chi connectivity index (χ0v) is 14.6. The van der Waals surface area contributed by atoms with Crippen LogP contribution in [-0.2, 0) is 4.79 Å². The van der Waals surface area contributed by atoms with Gasteiger partial charge in [0.15, 0.2) is 0 Å². The van der Waals surface area contributed by atoms with Crippen LogP contribution in [0.2, 0.25) is 0 Å². The number of hydrogen-bond acceptors (Lipinski definition) is 5. The quantitative estimate of drug-likeness (QED) is 0.846. The molecule has 0 radical (unpaired) electrons. The van der Waals surface area contributed by atoms with Gasteiger partial charge < -0.3 is 15.0 Å². The van der Waals surface area contributed by atoms with E-state index in [1.165, 1.54) is 0 Å². The summed E-state index contributed by atoms with van der Waals surface area (Å²) in [5, 5.41) is 2.87. The van der Waals surface area contributed by atoms with Gasteiger partial charge in [-0.25, -0.2) is 4.98 Å². The highest BCUT2D eigenvalue weighted by molar-refractivity contribution is 5.92. The molecule has 2 aromatic rings. The van der Waals surface area contributed by atoms with Gasteiger partial charge in [-0.1, -0.05) is 26.0 Å². The molecule has 1 aromatic heterocycles. The first-order valence-electron chi connectivity index (χ1n) is 7.96. The molecule has 0 aliphatic carbocycles. The molecule has 128 valence electrons. The summed E-state index contributed by atoms with van der Waals surface area (Å²) >= 11 is 0. The van der Waals surface area contributed by atoms with E-state index in [4.69, 9.17) is 4.74 Å². The fraction of sp³-hybridized carbons (Fsp3) is 0.389. The second-order valence-corrected chi connectivity index (χ2v) is 6.12. The highest BCUT2D eigenvalue weighted by Gasteiger charge is 2.08. The second kappa shape index (κ2) is 8.40. The number of anilines is 1. The average Bonchev–Trinajstić information content (AvgIpc) is 2.55. The van der Waals surface area contributed by atoms with Gasteiger partial charge in [-0.15, -0.1) is 0 Å². The SMILES string of the molecule is CC(C)C(=O)Nc1ccc(-c2cncc(OCCN(C)C)n2)cc1. The smallest absolute Gasteiger partial charge is 0.232 e. The van der Waals surface area contributed by atoms with Crippen LogP contribution in [0.15, 0.2) is 36.7 Å². The van der Waals surface area contributed by atoms with E-state index in [2.05, 4.69) is 15.3 Å². The molecule has 0 unspecified atom stereocenters. The highest BCUT2D eigenvalue weighted by Crippen LogP contribution is 2.21. The lowest BCUT2D eigenvalue weighted by molar-refractivity contribution is -0.118. The van der Waals surface area contributed by atoms with Crippen LogP contribution in [0.25, 0.3) is 11.3 Å². The third-order valence-corrected chi connectivity index (χ3v) is 3.37. The van der Waals surface area contributed by atoms with E-state index in [-0.39, 0.29) is 11.8 Å². The molecule has 0 bridgehead atoms. The Balaban J connectivity index is 2.04. The van der Waals surface area contributed by atoms with Crippen molar-refractivity contribution in [1.82, 2.24) is 14.9 Å². The summed E-state index contributed by atoms with van der Waals surface area (Å²) in [6.45, 7) is 5.10. The molecule has 2 rings (SSSR count). The predicted octanol–water partition coefficient (Wildman–Crippen LogP) is 2.68. The number of amides is 1. The van der Waals surface area contributed by atoms with E-state index in [1.54, 1.807) is 12.4 Å². The Morgan fingerprint density at radius 1 is 1.21 bits per heavy atom. The van der Waals surface area contributed by atoms with Crippen molar-refractivity contribution in [2.24, 2.45) is 5.92 Å². The van der Waals surface area contributed by atoms with Crippen LogP contribution in [0.4, 0.5) is 5.69 Å². The summed E-state index contributed by atoms with van der Waals surface area (Å²) in [7, 11) is 3.98. The van der Waals surface area contributed by atoms with E-state index < -0.39 is 0 Å². The summed E-state index contributed by atoms with van der Waals surface area (Å²) in [5.74, 6) is 0.455. The predicted molar refractivity (Wildman–Crippen MR) is 95.0 cm³/mol. The minimum Gasteiger partial charge on any atom is -0.475 e. The van der Waals surface area contributed by atoms with E-state index in [9.17, 15) is 4.79 Å². The molecule has 0 aliphatic rings. The minimum atomic E-state index is -0.0495. The van der Waals surface area contributed by atoms with E-state index in [0.717, 1.165) is 23.5 Å². The fourth-order valence-electron chi connectivity index (χ4n) is 1.90. The van der Waals surface area contributed by atoms with Gasteiger partial charge >= 0.3 is 0 Å². The first-order valence-corrected chi connectivity index (χ1v) is 7.96. The average molecular weight is 328 g/mol. The number of aromatic nitrogens is 2. The van der Waals surface area contributed by atoms with Gasteiger partial charge in [0, 0.05) is 23.7 Å². The number of nitrogens with zero attached hydrogens (tertiary/aromatic N) is 3. The molecule has 0 saturated carbocycles. The van der Waals surface area contributed by atoms with Crippen LogP contribution < -0.4 is 10.1 Å². The second-order valence-electron chi connectivity index (χ2n) is 6.12. The number of nitrogens with one attached hydrogen (secondary N) is 1. The van der Waals surface area contributed by atoms with Crippen molar-refractivity contribution >= 4 is 11.6 Å². The Bertz CT molecular complexity index is 669. The lowest BCUT2D eigenvalue weighted by Crippen LogP contribution is -2.19. The molecule has 0 atom stereocenters. The van der Waals surface area contributed by atoms with Crippen molar-refractivity contribution in [3.8, 4) is 17.1 Å². The Kier molecular flexibility index (Phi) is 6.26. The number of benzene rings is 1. The van der Waals surface area contributed by atoms with Crippen LogP contribution >= 0.6 is 0 Å². The largest absolute Gasteiger partial charge is 0.475 e. The van der Waals surface area contributed by atoms with Crippen molar-refractivity contribution in [3.63, 3.8) is 0 Å². The van der Waals surface area contributed by atoms with Crippen LogP contribution in [-0.4, -0.2) is 48.0 Å². The molecule has 6 heteroatoms. The molecular formula is C18H24N4O2. The lowest BCUT2D eigenvalue weighted by atomic mass is 10.1. The monoisotopic (exact) mass is 328 g/mol. The number of hydrogen-bond donors (Lipinski definition) is 1. The number of carbonyl (C=O) groups excluding carboxylic acids is 1. The highest BCUT2D eigenvalue weighted by atomic mass is 16.5. The van der Waals surface area contributed by atoms with Gasteiger partial charge in [-0.05, 0) is 26.2 Å². The minimum absolute atomic E-state index is 0.00108. The first kappa shape index (κ1) is 17.9. The normalized spacial score (nSPS) is 10.9. The van der Waals surface area contributed by atoms with Crippen LogP contribution in [0.3, 0.4) is 0 Å². The van der Waals surface area contributed by atoms with Crippen molar-refractivity contribution in [1.29, 1.82) is 0 Å². The van der Waals surface area contributed by atoms with Gasteiger partial charge in [0.25, 0.3) is 0 Å². The van der Waals surface area contributed by atoms with Crippen LogP contribution in [0.5, 0.6) is 5.88 Å². The molecule has 0 fully saturated rings. The van der Waals surface area contributed by atoms with Gasteiger partial charge in [0.05, 0.1) is 18.1 Å². The number of likely N-dealkylation sites (N-methyl/N-ethyl adjacent to an activating group) is 1. The summed E-state index contributed by atoms with van der Waals surface area (Å²) < 4.78 is 5.61. The standard InChI is InChI=1S/C18H24N4O2/c1-13(2)18(23)20-15-7-5-14(6-8-15)16-11-19-12-17(21-16)24-10-9-22(3)4/h5-8,11-13H,9-10H2,1-4H3,(H,20,23). The van der Waals surface area contributed by atoms with Crippen molar-refractivity contribution in [3.05, 3.63) is 36.7 Å². The maximum atomic E-state index is 11.7. The number of rotatable bonds is 7. The van der Waals surface area contributed by atoms with Crippen LogP contribution in [0.1, 0.15) is 13.8 Å². The molecule has 1 amide bonds. The Morgan fingerprint density at radius 2 is 1.92 bits per heavy atom. The molecule has 0 saturated heterocycles. The lowest BCUT2D eigenvalue weighted by Gasteiger charge is -2.11. The fourth-order valence-corrected chi connectivity index (χ4v) is 1.90. The molecule has 0 spiro atoms. The van der Waals surface area contributed by atoms with Crippen molar-refractivity contribution in [2.45, 2.75) is 13.8 Å². The summed E-state index contributed by atoms with van der Waals surface area (Å²) in [6.07, 6.45) is 3.30. The first-order chi connectivity index (χ1) is 11.5. The zero-order valence-electron chi connectivity index (χ0n) is 14.6. The van der Waals surface area contributed by atoms with E-state index >= 15 is 0 Å². The van der Waals surface area contributed by atoms with Gasteiger partial charge in [-0.3, -0.25) is 9.78 Å². The van der Waals surface area contributed by atoms with Gasteiger partial charge in [-0.2, -0.15) is 0 Å². The Hall–Kier alpha value is -2.47. The van der Waals surface area contributed by atoms with Gasteiger partial charge in [0.1, 0.15) is 6.61 Å². The summed E-state index contributed by atoms with van der Waals surface area (Å²) in [4.78, 5) is 22.4. The molecule has 1 heterocycles. The molecular weight excluding hydrogens is 304 g/mol. The molecule has 0 aliphatic heterocycles.